The zero-order valence-electron chi connectivity index (χ0n) is 14.9. The number of hydrogen-bond acceptors (Lipinski definition) is 5. The molecule has 2 aromatic heterocycles. The highest BCUT2D eigenvalue weighted by atomic mass is 32.1. The first-order valence-electron chi connectivity index (χ1n) is 8.56. The second-order valence-electron chi connectivity index (χ2n) is 6.31. The SMILES string of the molecule is Cc1ccc(-c2c(C#N)c(-c3ccccc3)[nH]c(=O)c2-c2nc(O)cs2)cc1. The van der Waals surface area contributed by atoms with Crippen LogP contribution in [-0.2, 0) is 0 Å². The van der Waals surface area contributed by atoms with Crippen LogP contribution in [0.5, 0.6) is 5.88 Å². The molecule has 0 aliphatic heterocycles. The third-order valence-corrected chi connectivity index (χ3v) is 5.28. The lowest BCUT2D eigenvalue weighted by Crippen LogP contribution is -2.14. The molecule has 28 heavy (non-hydrogen) atoms. The number of pyridine rings is 1. The van der Waals surface area contributed by atoms with Crippen molar-refractivity contribution in [1.82, 2.24) is 9.97 Å². The Morgan fingerprint density at radius 1 is 1.04 bits per heavy atom. The van der Waals surface area contributed by atoms with Gasteiger partial charge in [-0.25, -0.2) is 4.98 Å². The van der Waals surface area contributed by atoms with Crippen molar-refractivity contribution in [3.05, 3.63) is 81.5 Å². The summed E-state index contributed by atoms with van der Waals surface area (Å²) in [5.74, 6) is -0.153. The highest BCUT2D eigenvalue weighted by molar-refractivity contribution is 7.13. The van der Waals surface area contributed by atoms with Crippen molar-refractivity contribution in [2.75, 3.05) is 0 Å². The van der Waals surface area contributed by atoms with E-state index in [0.29, 0.717) is 21.8 Å². The lowest BCUT2D eigenvalue weighted by molar-refractivity contribution is 0.458. The number of rotatable bonds is 3. The van der Waals surface area contributed by atoms with Gasteiger partial charge < -0.3 is 10.1 Å². The summed E-state index contributed by atoms with van der Waals surface area (Å²) in [6.45, 7) is 1.97. The lowest BCUT2D eigenvalue weighted by Gasteiger charge is -2.14. The Balaban J connectivity index is 2.12. The molecular formula is C22H15N3O2S. The van der Waals surface area contributed by atoms with Gasteiger partial charge >= 0.3 is 0 Å². The number of nitriles is 1. The van der Waals surface area contributed by atoms with E-state index in [4.69, 9.17) is 0 Å². The van der Waals surface area contributed by atoms with Crippen molar-refractivity contribution in [2.45, 2.75) is 6.92 Å². The Morgan fingerprint density at radius 2 is 1.75 bits per heavy atom. The predicted octanol–water partition coefficient (Wildman–Crippen LogP) is 4.72. The van der Waals surface area contributed by atoms with Gasteiger partial charge in [0.2, 0.25) is 5.88 Å². The molecule has 4 rings (SSSR count). The number of aromatic amines is 1. The van der Waals surface area contributed by atoms with Crippen molar-refractivity contribution in [3.8, 4) is 44.9 Å². The molecule has 2 aromatic carbocycles. The van der Waals surface area contributed by atoms with Crippen LogP contribution in [0.1, 0.15) is 11.1 Å². The summed E-state index contributed by atoms with van der Waals surface area (Å²) in [5, 5.41) is 21.5. The molecule has 0 saturated heterocycles. The topological polar surface area (TPSA) is 89.8 Å². The maximum absolute atomic E-state index is 13.1. The third-order valence-electron chi connectivity index (χ3n) is 4.44. The van der Waals surface area contributed by atoms with E-state index in [1.165, 1.54) is 5.38 Å². The maximum atomic E-state index is 13.1. The van der Waals surface area contributed by atoms with Crippen molar-refractivity contribution < 1.29 is 5.11 Å². The largest absolute Gasteiger partial charge is 0.493 e. The predicted molar refractivity (Wildman–Crippen MR) is 110 cm³/mol. The number of thiazole rings is 1. The number of hydrogen-bond donors (Lipinski definition) is 2. The Bertz CT molecular complexity index is 1250. The van der Waals surface area contributed by atoms with Crippen LogP contribution < -0.4 is 5.56 Å². The summed E-state index contributed by atoms with van der Waals surface area (Å²) in [6.07, 6.45) is 0. The van der Waals surface area contributed by atoms with Gasteiger partial charge in [0.25, 0.3) is 5.56 Å². The number of aromatic nitrogens is 2. The number of nitrogens with one attached hydrogen (secondary N) is 1. The summed E-state index contributed by atoms with van der Waals surface area (Å²) in [4.78, 5) is 20.0. The van der Waals surface area contributed by atoms with Gasteiger partial charge in [0.05, 0.1) is 22.2 Å². The zero-order chi connectivity index (χ0) is 19.7. The van der Waals surface area contributed by atoms with E-state index in [1.807, 2.05) is 61.5 Å². The van der Waals surface area contributed by atoms with Crippen molar-refractivity contribution >= 4 is 11.3 Å². The molecule has 0 spiro atoms. The minimum Gasteiger partial charge on any atom is -0.493 e. The molecule has 0 amide bonds. The van der Waals surface area contributed by atoms with E-state index in [9.17, 15) is 15.2 Å². The maximum Gasteiger partial charge on any atom is 0.259 e. The fraction of sp³-hybridized carbons (Fsp3) is 0.0455. The third kappa shape index (κ3) is 3.08. The van der Waals surface area contributed by atoms with Crippen molar-refractivity contribution in [3.63, 3.8) is 0 Å². The van der Waals surface area contributed by atoms with E-state index in [2.05, 4.69) is 16.0 Å². The van der Waals surface area contributed by atoms with E-state index >= 15 is 0 Å². The van der Waals surface area contributed by atoms with Crippen LogP contribution in [-0.4, -0.2) is 15.1 Å². The summed E-state index contributed by atoms with van der Waals surface area (Å²) < 4.78 is 0. The standard InChI is InChI=1S/C22H15N3O2S/c1-13-7-9-14(10-8-13)18-16(11-23)20(15-5-3-2-4-6-15)25-21(27)19(18)22-24-17(26)12-28-22/h2-10,12,26H,1H3,(H,25,27). The lowest BCUT2D eigenvalue weighted by atomic mass is 9.92. The highest BCUT2D eigenvalue weighted by Gasteiger charge is 2.23. The monoisotopic (exact) mass is 385 g/mol. The van der Waals surface area contributed by atoms with Crippen molar-refractivity contribution in [1.29, 1.82) is 5.26 Å². The Kier molecular flexibility index (Phi) is 4.52. The molecular weight excluding hydrogens is 370 g/mol. The molecule has 0 radical (unpaired) electrons. The van der Waals surface area contributed by atoms with Gasteiger partial charge in [0.1, 0.15) is 11.1 Å². The van der Waals surface area contributed by atoms with Gasteiger partial charge in [-0.1, -0.05) is 60.2 Å². The molecule has 0 unspecified atom stereocenters. The molecule has 4 aromatic rings. The molecule has 0 aliphatic carbocycles. The van der Waals surface area contributed by atoms with Crippen LogP contribution in [0.4, 0.5) is 0 Å². The fourth-order valence-corrected chi connectivity index (χ4v) is 3.86. The first-order valence-corrected chi connectivity index (χ1v) is 9.44. The fourth-order valence-electron chi connectivity index (χ4n) is 3.13. The second-order valence-corrected chi connectivity index (χ2v) is 7.17. The number of benzene rings is 2. The van der Waals surface area contributed by atoms with Crippen LogP contribution in [0.15, 0.2) is 64.8 Å². The first-order chi connectivity index (χ1) is 13.6. The summed E-state index contributed by atoms with van der Waals surface area (Å²) in [6, 6.07) is 19.2. The van der Waals surface area contributed by atoms with E-state index in [-0.39, 0.29) is 17.0 Å². The van der Waals surface area contributed by atoms with Crippen molar-refractivity contribution in [2.24, 2.45) is 0 Å². The van der Waals surface area contributed by atoms with Gasteiger partial charge in [0, 0.05) is 5.56 Å². The molecule has 0 bridgehead atoms. The summed E-state index contributed by atoms with van der Waals surface area (Å²) in [7, 11) is 0. The number of aromatic hydroxyl groups is 1. The van der Waals surface area contributed by atoms with Crippen LogP contribution in [0.25, 0.3) is 33.0 Å². The molecule has 2 heterocycles. The molecule has 6 heteroatoms. The molecule has 5 nitrogen and oxygen atoms in total. The van der Waals surface area contributed by atoms with Crippen LogP contribution in [0, 0.1) is 18.3 Å². The second kappa shape index (κ2) is 7.14. The molecule has 0 fully saturated rings. The van der Waals surface area contributed by atoms with E-state index in [1.54, 1.807) is 0 Å². The summed E-state index contributed by atoms with van der Waals surface area (Å²) in [5.41, 5.74) is 3.83. The van der Waals surface area contributed by atoms with Gasteiger partial charge in [-0.2, -0.15) is 5.26 Å². The van der Waals surface area contributed by atoms with Gasteiger partial charge in [-0.3, -0.25) is 4.79 Å². The van der Waals surface area contributed by atoms with E-state index in [0.717, 1.165) is 28.0 Å². The van der Waals surface area contributed by atoms with E-state index < -0.39 is 0 Å². The number of nitrogens with zero attached hydrogens (tertiary/aromatic N) is 2. The molecule has 136 valence electrons. The van der Waals surface area contributed by atoms with Crippen LogP contribution in [0.2, 0.25) is 0 Å². The average Bonchev–Trinajstić information content (AvgIpc) is 3.14. The summed E-state index contributed by atoms with van der Waals surface area (Å²) >= 11 is 1.16. The molecule has 2 N–H and O–H groups in total. The molecule has 0 aliphatic rings. The smallest absolute Gasteiger partial charge is 0.259 e. The number of H-pyrrole nitrogens is 1. The highest BCUT2D eigenvalue weighted by Crippen LogP contribution is 2.38. The normalized spacial score (nSPS) is 10.6. The Hall–Kier alpha value is -3.69. The molecule has 0 atom stereocenters. The zero-order valence-corrected chi connectivity index (χ0v) is 15.7. The minimum absolute atomic E-state index is 0.153. The van der Waals surface area contributed by atoms with Gasteiger partial charge in [-0.15, -0.1) is 11.3 Å². The molecule has 0 saturated carbocycles. The Labute approximate surface area is 165 Å². The Morgan fingerprint density at radius 3 is 2.36 bits per heavy atom. The van der Waals surface area contributed by atoms with Crippen LogP contribution in [0.3, 0.4) is 0 Å². The average molecular weight is 385 g/mol. The van der Waals surface area contributed by atoms with Gasteiger partial charge in [0.15, 0.2) is 0 Å². The number of aryl methyl sites for hydroxylation is 1. The quantitative estimate of drug-likeness (QED) is 0.534. The van der Waals surface area contributed by atoms with Gasteiger partial charge in [-0.05, 0) is 18.1 Å². The first kappa shape index (κ1) is 17.7. The van der Waals surface area contributed by atoms with Crippen LogP contribution >= 0.6 is 11.3 Å². The minimum atomic E-state index is -0.359.